The number of alkyl halides is 3. The number of hydrogen-bond acceptors (Lipinski definition) is 5. The Labute approximate surface area is 141 Å². The summed E-state index contributed by atoms with van der Waals surface area (Å²) in [6.07, 6.45) is -3.31. The second-order valence-corrected chi connectivity index (χ2v) is 5.10. The molecular weight excluding hydrogens is 341 g/mol. The van der Waals surface area contributed by atoms with Crippen LogP contribution in [0.4, 0.5) is 24.5 Å². The van der Waals surface area contributed by atoms with Crippen LogP contribution in [0, 0.1) is 0 Å². The third kappa shape index (κ3) is 4.74. The molecule has 6 nitrogen and oxygen atoms in total. The van der Waals surface area contributed by atoms with E-state index in [1.54, 1.807) is 0 Å². The van der Waals surface area contributed by atoms with Gasteiger partial charge in [0.25, 0.3) is 5.91 Å². The van der Waals surface area contributed by atoms with E-state index in [0.29, 0.717) is 0 Å². The van der Waals surface area contributed by atoms with Gasteiger partial charge >= 0.3 is 6.18 Å². The molecule has 1 aromatic carbocycles. The number of carbonyl (C=O) groups is 1. The molecule has 136 valence electrons. The van der Waals surface area contributed by atoms with Crippen molar-refractivity contribution in [3.8, 4) is 0 Å². The van der Waals surface area contributed by atoms with Gasteiger partial charge in [0.15, 0.2) is 5.76 Å². The summed E-state index contributed by atoms with van der Waals surface area (Å²) in [5.74, 6) is -0.766. The van der Waals surface area contributed by atoms with Gasteiger partial charge in [0.1, 0.15) is 0 Å². The lowest BCUT2D eigenvalue weighted by atomic mass is 10.1. The van der Waals surface area contributed by atoms with E-state index in [1.807, 2.05) is 0 Å². The van der Waals surface area contributed by atoms with E-state index < -0.39 is 17.6 Å². The third-order valence-corrected chi connectivity index (χ3v) is 3.40. The summed E-state index contributed by atoms with van der Waals surface area (Å²) in [7, 11) is 0. The van der Waals surface area contributed by atoms with Gasteiger partial charge in [-0.15, -0.1) is 0 Å². The van der Waals surface area contributed by atoms with Crippen LogP contribution in [0.2, 0.25) is 0 Å². The van der Waals surface area contributed by atoms with Crippen LogP contribution in [-0.2, 0) is 6.18 Å². The van der Waals surface area contributed by atoms with Crippen LogP contribution in [0.25, 0.3) is 0 Å². The summed E-state index contributed by atoms with van der Waals surface area (Å²) >= 11 is 0. The lowest BCUT2D eigenvalue weighted by Crippen LogP contribution is -2.31. The van der Waals surface area contributed by atoms with Crippen molar-refractivity contribution in [1.82, 2.24) is 0 Å². The van der Waals surface area contributed by atoms with Crippen LogP contribution in [0.5, 0.6) is 0 Å². The molecule has 0 aliphatic rings. The fourth-order valence-electron chi connectivity index (χ4n) is 2.27. The first kappa shape index (κ1) is 18.8. The van der Waals surface area contributed by atoms with E-state index in [2.05, 4.69) is 5.32 Å². The molecule has 0 atom stereocenters. The molecule has 0 fully saturated rings. The van der Waals surface area contributed by atoms with Crippen LogP contribution < -0.4 is 10.2 Å². The zero-order valence-electron chi connectivity index (χ0n) is 13.1. The van der Waals surface area contributed by atoms with Crippen molar-refractivity contribution >= 4 is 17.3 Å². The van der Waals surface area contributed by atoms with E-state index in [0.717, 1.165) is 12.1 Å². The smallest absolute Gasteiger partial charge is 0.416 e. The van der Waals surface area contributed by atoms with Gasteiger partial charge in [0, 0.05) is 13.1 Å². The predicted octanol–water partition coefficient (Wildman–Crippen LogP) is 2.34. The number of rotatable bonds is 7. The molecule has 0 bridgehead atoms. The number of nitrogens with zero attached hydrogens (tertiary/aromatic N) is 1. The number of nitrogens with one attached hydrogen (secondary N) is 1. The Hall–Kier alpha value is -2.52. The molecule has 0 radical (unpaired) electrons. The average Bonchev–Trinajstić information content (AvgIpc) is 3.08. The highest BCUT2D eigenvalue weighted by Gasteiger charge is 2.31. The van der Waals surface area contributed by atoms with Gasteiger partial charge in [-0.3, -0.25) is 4.79 Å². The van der Waals surface area contributed by atoms with Gasteiger partial charge in [0.05, 0.1) is 36.4 Å². The second kappa shape index (κ2) is 8.04. The first-order chi connectivity index (χ1) is 11.9. The summed E-state index contributed by atoms with van der Waals surface area (Å²) in [5.41, 5.74) is -0.784. The summed E-state index contributed by atoms with van der Waals surface area (Å²) in [5, 5.41) is 20.6. The monoisotopic (exact) mass is 358 g/mol. The highest BCUT2D eigenvalue weighted by molar-refractivity contribution is 6.04. The summed E-state index contributed by atoms with van der Waals surface area (Å²) in [4.78, 5) is 13.6. The van der Waals surface area contributed by atoms with Crippen molar-refractivity contribution in [2.45, 2.75) is 6.18 Å². The van der Waals surface area contributed by atoms with Gasteiger partial charge < -0.3 is 24.8 Å². The molecule has 2 rings (SSSR count). The van der Waals surface area contributed by atoms with Crippen molar-refractivity contribution in [3.63, 3.8) is 0 Å². The highest BCUT2D eigenvalue weighted by atomic mass is 19.4. The Morgan fingerprint density at radius 1 is 1.16 bits per heavy atom. The highest BCUT2D eigenvalue weighted by Crippen LogP contribution is 2.35. The Bertz CT molecular complexity index is 696. The minimum Gasteiger partial charge on any atom is -0.459 e. The normalized spacial score (nSPS) is 11.4. The number of aliphatic hydroxyl groups is 2. The number of benzene rings is 1. The van der Waals surface area contributed by atoms with Crippen LogP contribution in [-0.4, -0.2) is 42.4 Å². The van der Waals surface area contributed by atoms with E-state index >= 15 is 0 Å². The number of carbonyl (C=O) groups excluding carboxylic acids is 1. The SMILES string of the molecule is O=C(Nc1cc(C(F)(F)F)ccc1N(CCO)CCO)c1ccco1. The fourth-order valence-corrected chi connectivity index (χ4v) is 2.27. The number of anilines is 2. The summed E-state index contributed by atoms with van der Waals surface area (Å²) < 4.78 is 43.9. The maximum atomic E-state index is 13.0. The fraction of sp³-hybridized carbons (Fsp3) is 0.312. The molecule has 2 aromatic rings. The van der Waals surface area contributed by atoms with Crippen LogP contribution in [0.1, 0.15) is 16.1 Å². The van der Waals surface area contributed by atoms with Crippen LogP contribution in [0.15, 0.2) is 41.0 Å². The average molecular weight is 358 g/mol. The van der Waals surface area contributed by atoms with Crippen molar-refractivity contribution < 1.29 is 32.6 Å². The number of hydrogen-bond donors (Lipinski definition) is 3. The van der Waals surface area contributed by atoms with Crippen molar-refractivity contribution in [2.24, 2.45) is 0 Å². The lowest BCUT2D eigenvalue weighted by molar-refractivity contribution is -0.137. The molecule has 0 saturated carbocycles. The molecule has 3 N–H and O–H groups in total. The van der Waals surface area contributed by atoms with E-state index in [1.165, 1.54) is 29.4 Å². The third-order valence-electron chi connectivity index (χ3n) is 3.40. The van der Waals surface area contributed by atoms with Crippen LogP contribution >= 0.6 is 0 Å². The largest absolute Gasteiger partial charge is 0.459 e. The van der Waals surface area contributed by atoms with E-state index in [9.17, 15) is 18.0 Å². The molecule has 0 aliphatic heterocycles. The molecule has 1 aromatic heterocycles. The Balaban J connectivity index is 2.41. The topological polar surface area (TPSA) is 85.9 Å². The standard InChI is InChI=1S/C16H17F3N2O4/c17-16(18,19)11-3-4-13(21(5-7-22)6-8-23)12(10-11)20-15(24)14-2-1-9-25-14/h1-4,9-10,22-23H,5-8H2,(H,20,24). The zero-order valence-corrected chi connectivity index (χ0v) is 13.1. The maximum absolute atomic E-state index is 13.0. The molecule has 1 heterocycles. The first-order valence-electron chi connectivity index (χ1n) is 7.39. The Morgan fingerprint density at radius 3 is 2.36 bits per heavy atom. The van der Waals surface area contributed by atoms with Gasteiger partial charge in [0.2, 0.25) is 0 Å². The molecule has 9 heteroatoms. The summed E-state index contributed by atoms with van der Waals surface area (Å²) in [6, 6.07) is 5.72. The molecule has 1 amide bonds. The maximum Gasteiger partial charge on any atom is 0.416 e. The quantitative estimate of drug-likeness (QED) is 0.707. The van der Waals surface area contributed by atoms with Gasteiger partial charge in [-0.2, -0.15) is 13.2 Å². The van der Waals surface area contributed by atoms with Gasteiger partial charge in [-0.05, 0) is 30.3 Å². The number of amides is 1. The lowest BCUT2D eigenvalue weighted by Gasteiger charge is -2.26. The molecule has 25 heavy (non-hydrogen) atoms. The van der Waals surface area contributed by atoms with E-state index in [-0.39, 0.29) is 43.4 Å². The Kier molecular flexibility index (Phi) is 6.05. The molecular formula is C16H17F3N2O4. The molecule has 0 spiro atoms. The zero-order chi connectivity index (χ0) is 18.4. The minimum atomic E-state index is -4.58. The van der Waals surface area contributed by atoms with Crippen molar-refractivity contribution in [3.05, 3.63) is 47.9 Å². The van der Waals surface area contributed by atoms with Crippen molar-refractivity contribution in [1.29, 1.82) is 0 Å². The molecule has 0 saturated heterocycles. The predicted molar refractivity (Wildman–Crippen MR) is 84.5 cm³/mol. The number of halogens is 3. The van der Waals surface area contributed by atoms with Crippen LogP contribution in [0.3, 0.4) is 0 Å². The minimum absolute atomic E-state index is 0.0563. The molecule has 0 aliphatic carbocycles. The number of aliphatic hydroxyl groups excluding tert-OH is 2. The van der Waals surface area contributed by atoms with Gasteiger partial charge in [-0.1, -0.05) is 0 Å². The van der Waals surface area contributed by atoms with Crippen molar-refractivity contribution in [2.75, 3.05) is 36.5 Å². The second-order valence-electron chi connectivity index (χ2n) is 5.10. The summed E-state index contributed by atoms with van der Waals surface area (Å²) in [6.45, 7) is -0.385. The van der Waals surface area contributed by atoms with E-state index in [4.69, 9.17) is 14.6 Å². The van der Waals surface area contributed by atoms with Gasteiger partial charge in [-0.25, -0.2) is 0 Å². The Morgan fingerprint density at radius 2 is 1.84 bits per heavy atom. The first-order valence-corrected chi connectivity index (χ1v) is 7.39. The number of furan rings is 1. The molecule has 0 unspecified atom stereocenters.